The molecule has 1 rings (SSSR count). The van der Waals surface area contributed by atoms with Crippen molar-refractivity contribution in [2.75, 3.05) is 26.4 Å². The molecular weight excluding hydrogens is 566 g/mol. The topological polar surface area (TPSA) is 241 Å². The zero-order valence-electron chi connectivity index (χ0n) is 23.7. The van der Waals surface area contributed by atoms with Gasteiger partial charge in [-0.2, -0.15) is 0 Å². The van der Waals surface area contributed by atoms with Crippen molar-refractivity contribution < 1.29 is 54.3 Å². The van der Waals surface area contributed by atoms with E-state index < -0.39 is 65.3 Å². The standard InChI is InChI=1S/C25H41N3O14/c1-2-3-6-9-19(29)12-13-21-20(22(30)14-23(21)31)10-7-4-5-8-11-24(32)39-15-25(16-40-26(33)34,17-41-27(35)36)18-42-28(37)38/h12-13,19-21,23,29,31H,2-11,14-18H2,1H3/t19-,20+,21+,23+/m0/s1. The van der Waals surface area contributed by atoms with E-state index in [0.29, 0.717) is 38.5 Å². The summed E-state index contributed by atoms with van der Waals surface area (Å²) in [5, 5.41) is 48.6. The number of ketones is 1. The van der Waals surface area contributed by atoms with Crippen LogP contribution in [0.5, 0.6) is 0 Å². The Kier molecular flexibility index (Phi) is 16.9. The van der Waals surface area contributed by atoms with Crippen molar-refractivity contribution in [2.24, 2.45) is 17.3 Å². The van der Waals surface area contributed by atoms with Crippen molar-refractivity contribution in [2.45, 2.75) is 89.8 Å². The Labute approximate surface area is 242 Å². The maximum atomic E-state index is 12.4. The second kappa shape index (κ2) is 19.5. The molecule has 0 radical (unpaired) electrons. The fourth-order valence-corrected chi connectivity index (χ4v) is 4.66. The molecule has 17 heteroatoms. The molecule has 1 saturated carbocycles. The molecule has 0 aromatic carbocycles. The molecule has 0 unspecified atom stereocenters. The molecule has 1 aliphatic carbocycles. The number of aliphatic hydroxyl groups excluding tert-OH is 2. The lowest BCUT2D eigenvalue weighted by Gasteiger charge is -2.29. The number of ether oxygens (including phenoxy) is 1. The predicted molar refractivity (Wildman–Crippen MR) is 142 cm³/mol. The molecule has 2 N–H and O–H groups in total. The van der Waals surface area contributed by atoms with Gasteiger partial charge in [0.2, 0.25) is 0 Å². The van der Waals surface area contributed by atoms with Gasteiger partial charge in [-0.05, 0) is 19.3 Å². The van der Waals surface area contributed by atoms with Gasteiger partial charge in [-0.25, -0.2) is 0 Å². The van der Waals surface area contributed by atoms with Crippen molar-refractivity contribution in [3.05, 3.63) is 42.5 Å². The van der Waals surface area contributed by atoms with Crippen LogP contribution in [0, 0.1) is 47.6 Å². The van der Waals surface area contributed by atoms with Crippen molar-refractivity contribution in [3.63, 3.8) is 0 Å². The largest absolute Gasteiger partial charge is 0.465 e. The molecule has 42 heavy (non-hydrogen) atoms. The normalized spacial score (nSPS) is 19.4. The van der Waals surface area contributed by atoms with Gasteiger partial charge < -0.3 is 29.5 Å². The molecule has 4 atom stereocenters. The highest BCUT2D eigenvalue weighted by Gasteiger charge is 2.39. The number of carbonyl (C=O) groups excluding carboxylic acids is 2. The van der Waals surface area contributed by atoms with E-state index in [-0.39, 0.29) is 30.5 Å². The Bertz CT molecular complexity index is 869. The highest BCUT2D eigenvalue weighted by molar-refractivity contribution is 5.84. The highest BCUT2D eigenvalue weighted by atomic mass is 17.0. The van der Waals surface area contributed by atoms with E-state index in [1.807, 2.05) is 0 Å². The van der Waals surface area contributed by atoms with Crippen LogP contribution in [0.2, 0.25) is 0 Å². The van der Waals surface area contributed by atoms with Crippen molar-refractivity contribution in [1.82, 2.24) is 0 Å². The molecule has 0 aromatic rings. The molecule has 1 aliphatic rings. The summed E-state index contributed by atoms with van der Waals surface area (Å²) in [6.45, 7) is -1.47. The molecule has 0 bridgehead atoms. The summed E-state index contributed by atoms with van der Waals surface area (Å²) in [5.74, 6) is -1.47. The van der Waals surface area contributed by atoms with Crippen LogP contribution in [-0.2, 0) is 28.8 Å². The number of Topliss-reactive ketones (excluding diaryl/α,β-unsaturated/α-hetero) is 1. The summed E-state index contributed by atoms with van der Waals surface area (Å²) in [7, 11) is 0. The lowest BCUT2D eigenvalue weighted by molar-refractivity contribution is -0.782. The zero-order chi connectivity index (χ0) is 31.5. The van der Waals surface area contributed by atoms with E-state index in [1.165, 1.54) is 0 Å². The van der Waals surface area contributed by atoms with Crippen molar-refractivity contribution >= 4 is 11.8 Å². The number of rotatable bonds is 24. The Morgan fingerprint density at radius 1 is 0.952 bits per heavy atom. The number of aliphatic hydroxyl groups is 2. The first-order valence-electron chi connectivity index (χ1n) is 13.9. The van der Waals surface area contributed by atoms with Crippen LogP contribution in [0.1, 0.15) is 77.6 Å². The second-order valence-corrected chi connectivity index (χ2v) is 10.5. The van der Waals surface area contributed by atoms with E-state index in [1.54, 1.807) is 12.2 Å². The smallest absolute Gasteiger partial charge is 0.305 e. The van der Waals surface area contributed by atoms with E-state index in [9.17, 15) is 50.1 Å². The molecule has 0 aliphatic heterocycles. The lowest BCUT2D eigenvalue weighted by atomic mass is 9.88. The minimum Gasteiger partial charge on any atom is -0.465 e. The van der Waals surface area contributed by atoms with Gasteiger partial charge in [0.25, 0.3) is 15.3 Å². The summed E-state index contributed by atoms with van der Waals surface area (Å²) in [4.78, 5) is 69.1. The van der Waals surface area contributed by atoms with Gasteiger partial charge in [0.15, 0.2) is 0 Å². The summed E-state index contributed by atoms with van der Waals surface area (Å²) in [6, 6.07) is 0. The Balaban J connectivity index is 2.51. The molecule has 0 amide bonds. The molecule has 0 aromatic heterocycles. The molecule has 0 saturated heterocycles. The van der Waals surface area contributed by atoms with Gasteiger partial charge in [0.05, 0.1) is 17.6 Å². The van der Waals surface area contributed by atoms with Crippen LogP contribution in [-0.4, -0.2) is 75.9 Å². The quantitative estimate of drug-likeness (QED) is 0.0527. The average Bonchev–Trinajstić information content (AvgIpc) is 3.19. The average molecular weight is 608 g/mol. The first-order valence-corrected chi connectivity index (χ1v) is 13.9. The first-order chi connectivity index (χ1) is 19.9. The van der Waals surface area contributed by atoms with Crippen molar-refractivity contribution in [1.29, 1.82) is 0 Å². The maximum absolute atomic E-state index is 12.4. The summed E-state index contributed by atoms with van der Waals surface area (Å²) < 4.78 is 5.06. The van der Waals surface area contributed by atoms with E-state index >= 15 is 0 Å². The summed E-state index contributed by atoms with van der Waals surface area (Å²) in [6.07, 6.45) is 8.47. The van der Waals surface area contributed by atoms with E-state index in [4.69, 9.17) is 4.74 Å². The fraction of sp³-hybridized carbons (Fsp3) is 0.840. The molecular formula is C25H41N3O14. The Morgan fingerprint density at radius 2 is 1.52 bits per heavy atom. The predicted octanol–water partition coefficient (Wildman–Crippen LogP) is 2.55. The Hall–Kier alpha value is -3.60. The third kappa shape index (κ3) is 14.9. The Morgan fingerprint density at radius 3 is 2.07 bits per heavy atom. The third-order valence-electron chi connectivity index (χ3n) is 7.01. The number of nitrogens with zero attached hydrogens (tertiary/aromatic N) is 3. The van der Waals surface area contributed by atoms with Crippen LogP contribution in [0.15, 0.2) is 12.2 Å². The maximum Gasteiger partial charge on any atom is 0.305 e. The zero-order valence-corrected chi connectivity index (χ0v) is 23.7. The molecule has 0 heterocycles. The highest BCUT2D eigenvalue weighted by Crippen LogP contribution is 2.34. The SMILES string of the molecule is CCCCC[C@H](O)C=C[C@H]1[C@H](O)CC(=O)[C@@H]1CCCCCCC(=O)OCC(CO[N+](=O)[O-])(CO[N+](=O)[O-])CO[N+](=O)[O-]. The van der Waals surface area contributed by atoms with Gasteiger partial charge >= 0.3 is 5.97 Å². The summed E-state index contributed by atoms with van der Waals surface area (Å²) >= 11 is 0. The van der Waals surface area contributed by atoms with Gasteiger partial charge in [-0.15, -0.1) is 30.3 Å². The number of esters is 1. The van der Waals surface area contributed by atoms with E-state index in [0.717, 1.165) is 19.3 Å². The summed E-state index contributed by atoms with van der Waals surface area (Å²) in [5.41, 5.74) is -1.90. The lowest BCUT2D eigenvalue weighted by Crippen LogP contribution is -2.43. The van der Waals surface area contributed by atoms with Gasteiger partial charge in [0.1, 0.15) is 32.2 Å². The minimum atomic E-state index is -1.90. The van der Waals surface area contributed by atoms with Crippen LogP contribution < -0.4 is 0 Å². The van der Waals surface area contributed by atoms with Crippen LogP contribution in [0.4, 0.5) is 0 Å². The number of hydrogen-bond acceptors (Lipinski definition) is 14. The van der Waals surface area contributed by atoms with Gasteiger partial charge in [-0.3, -0.25) is 9.59 Å². The molecule has 0 spiro atoms. The fourth-order valence-electron chi connectivity index (χ4n) is 4.66. The van der Waals surface area contributed by atoms with Crippen molar-refractivity contribution in [3.8, 4) is 0 Å². The van der Waals surface area contributed by atoms with E-state index in [2.05, 4.69) is 21.4 Å². The molecule has 17 nitrogen and oxygen atoms in total. The van der Waals surface area contributed by atoms with Crippen LogP contribution in [0.3, 0.4) is 0 Å². The number of unbranched alkanes of at least 4 members (excludes halogenated alkanes) is 5. The molecule has 1 fully saturated rings. The van der Waals surface area contributed by atoms with Crippen LogP contribution in [0.25, 0.3) is 0 Å². The first kappa shape index (κ1) is 36.4. The van der Waals surface area contributed by atoms with Gasteiger partial charge in [-0.1, -0.05) is 57.6 Å². The van der Waals surface area contributed by atoms with Gasteiger partial charge in [0, 0.05) is 24.7 Å². The number of hydrogen-bond donors (Lipinski definition) is 2. The number of carbonyl (C=O) groups is 2. The second-order valence-electron chi connectivity index (χ2n) is 10.5. The third-order valence-corrected chi connectivity index (χ3v) is 7.01. The monoisotopic (exact) mass is 607 g/mol. The minimum absolute atomic E-state index is 0.0205. The molecule has 240 valence electrons. The van der Waals surface area contributed by atoms with Crippen LogP contribution >= 0.6 is 0 Å².